The van der Waals surface area contributed by atoms with Crippen molar-refractivity contribution >= 4 is 11.6 Å². The SMILES string of the molecule is Cc1ccc(CN(C)[C@H](C)C(=O)Nc2c(C)nn(C)c2C)c(C)c1. The highest BCUT2D eigenvalue weighted by atomic mass is 16.2. The van der Waals surface area contributed by atoms with Gasteiger partial charge >= 0.3 is 0 Å². The maximum Gasteiger partial charge on any atom is 0.241 e. The van der Waals surface area contributed by atoms with Gasteiger partial charge < -0.3 is 5.32 Å². The van der Waals surface area contributed by atoms with Crippen molar-refractivity contribution in [1.82, 2.24) is 14.7 Å². The van der Waals surface area contributed by atoms with E-state index in [9.17, 15) is 4.79 Å². The van der Waals surface area contributed by atoms with E-state index in [1.807, 2.05) is 34.9 Å². The summed E-state index contributed by atoms with van der Waals surface area (Å²) in [5.41, 5.74) is 6.38. The lowest BCUT2D eigenvalue weighted by atomic mass is 10.0. The smallest absolute Gasteiger partial charge is 0.241 e. The molecule has 1 heterocycles. The number of nitrogens with one attached hydrogen (secondary N) is 1. The molecule has 2 aromatic rings. The van der Waals surface area contributed by atoms with Crippen LogP contribution in [0.4, 0.5) is 5.69 Å². The van der Waals surface area contributed by atoms with Gasteiger partial charge in [0.25, 0.3) is 0 Å². The predicted octanol–water partition coefficient (Wildman–Crippen LogP) is 3.11. The van der Waals surface area contributed by atoms with Gasteiger partial charge in [-0.15, -0.1) is 0 Å². The van der Waals surface area contributed by atoms with E-state index in [0.717, 1.165) is 23.6 Å². The number of amides is 1. The number of hydrogen-bond donors (Lipinski definition) is 1. The first-order valence-electron chi connectivity index (χ1n) is 8.28. The normalized spacial score (nSPS) is 12.5. The molecule has 0 fully saturated rings. The van der Waals surface area contributed by atoms with Crippen molar-refractivity contribution in [3.8, 4) is 0 Å². The molecular formula is C19H28N4O. The highest BCUT2D eigenvalue weighted by Crippen LogP contribution is 2.19. The van der Waals surface area contributed by atoms with E-state index in [2.05, 4.69) is 47.4 Å². The zero-order chi connectivity index (χ0) is 18.0. The van der Waals surface area contributed by atoms with Crippen LogP contribution in [0.2, 0.25) is 0 Å². The summed E-state index contributed by atoms with van der Waals surface area (Å²) in [5, 5.41) is 7.37. The Morgan fingerprint density at radius 2 is 1.96 bits per heavy atom. The molecule has 0 aliphatic carbocycles. The number of likely N-dealkylation sites (N-methyl/N-ethyl adjacent to an activating group) is 1. The van der Waals surface area contributed by atoms with Gasteiger partial charge in [0, 0.05) is 13.6 Å². The molecule has 0 unspecified atom stereocenters. The van der Waals surface area contributed by atoms with Crippen molar-refractivity contribution in [2.24, 2.45) is 7.05 Å². The van der Waals surface area contributed by atoms with Gasteiger partial charge in [-0.25, -0.2) is 0 Å². The molecule has 5 heteroatoms. The number of carbonyl (C=O) groups excluding carboxylic acids is 1. The largest absolute Gasteiger partial charge is 0.322 e. The monoisotopic (exact) mass is 328 g/mol. The lowest BCUT2D eigenvalue weighted by molar-refractivity contribution is -0.120. The molecule has 0 radical (unpaired) electrons. The number of rotatable bonds is 5. The molecule has 1 atom stereocenters. The van der Waals surface area contributed by atoms with Crippen molar-refractivity contribution in [3.63, 3.8) is 0 Å². The summed E-state index contributed by atoms with van der Waals surface area (Å²) in [6, 6.07) is 6.20. The number of aryl methyl sites for hydroxylation is 4. The molecule has 0 spiro atoms. The van der Waals surface area contributed by atoms with Gasteiger partial charge in [-0.2, -0.15) is 5.10 Å². The van der Waals surface area contributed by atoms with Crippen molar-refractivity contribution in [2.75, 3.05) is 12.4 Å². The second-order valence-corrected chi connectivity index (χ2v) is 6.68. The second-order valence-electron chi connectivity index (χ2n) is 6.68. The minimum Gasteiger partial charge on any atom is -0.322 e. The average molecular weight is 328 g/mol. The van der Waals surface area contributed by atoms with Gasteiger partial charge in [-0.05, 0) is 52.8 Å². The van der Waals surface area contributed by atoms with Gasteiger partial charge in [0.1, 0.15) is 0 Å². The van der Waals surface area contributed by atoms with Crippen LogP contribution in [0.15, 0.2) is 18.2 Å². The van der Waals surface area contributed by atoms with Crippen LogP contribution in [0, 0.1) is 27.7 Å². The molecule has 24 heavy (non-hydrogen) atoms. The third-order valence-corrected chi connectivity index (χ3v) is 4.72. The first kappa shape index (κ1) is 18.2. The van der Waals surface area contributed by atoms with Gasteiger partial charge in [0.15, 0.2) is 0 Å². The molecule has 0 bridgehead atoms. The molecule has 0 saturated carbocycles. The first-order chi connectivity index (χ1) is 11.2. The summed E-state index contributed by atoms with van der Waals surface area (Å²) in [7, 11) is 3.86. The number of carbonyl (C=O) groups is 1. The van der Waals surface area contributed by atoms with Crippen LogP contribution >= 0.6 is 0 Å². The van der Waals surface area contributed by atoms with Crippen LogP contribution in [0.5, 0.6) is 0 Å². The van der Waals surface area contributed by atoms with Crippen molar-refractivity contribution in [3.05, 3.63) is 46.3 Å². The zero-order valence-corrected chi connectivity index (χ0v) is 15.8. The number of hydrogen-bond acceptors (Lipinski definition) is 3. The Balaban J connectivity index is 2.06. The molecule has 0 aliphatic heterocycles. The lowest BCUT2D eigenvalue weighted by Crippen LogP contribution is -2.39. The Morgan fingerprint density at radius 3 is 2.50 bits per heavy atom. The van der Waals surface area contributed by atoms with Gasteiger partial charge in [0.05, 0.1) is 23.1 Å². The number of nitrogens with zero attached hydrogens (tertiary/aromatic N) is 3. The maximum absolute atomic E-state index is 12.6. The minimum atomic E-state index is -0.232. The fraction of sp³-hybridized carbons (Fsp3) is 0.474. The minimum absolute atomic E-state index is 0.0125. The van der Waals surface area contributed by atoms with Crippen LogP contribution in [-0.4, -0.2) is 33.7 Å². The average Bonchev–Trinajstić information content (AvgIpc) is 2.75. The summed E-state index contributed by atoms with van der Waals surface area (Å²) in [6.07, 6.45) is 0. The predicted molar refractivity (Wildman–Crippen MR) is 98.2 cm³/mol. The molecule has 5 nitrogen and oxygen atoms in total. The third-order valence-electron chi connectivity index (χ3n) is 4.72. The van der Waals surface area contributed by atoms with Crippen LogP contribution < -0.4 is 5.32 Å². The summed E-state index contributed by atoms with van der Waals surface area (Å²) in [4.78, 5) is 14.7. The van der Waals surface area contributed by atoms with E-state index in [4.69, 9.17) is 0 Å². The van der Waals surface area contributed by atoms with Crippen LogP contribution in [0.1, 0.15) is 35.0 Å². The fourth-order valence-corrected chi connectivity index (χ4v) is 2.81. The van der Waals surface area contributed by atoms with E-state index < -0.39 is 0 Å². The summed E-state index contributed by atoms with van der Waals surface area (Å²) < 4.78 is 1.79. The van der Waals surface area contributed by atoms with Crippen LogP contribution in [0.3, 0.4) is 0 Å². The second kappa shape index (κ2) is 7.18. The number of anilines is 1. The van der Waals surface area contributed by atoms with Crippen molar-refractivity contribution < 1.29 is 4.79 Å². The molecule has 0 aliphatic rings. The molecule has 0 saturated heterocycles. The molecule has 130 valence electrons. The molecule has 1 N–H and O–H groups in total. The Morgan fingerprint density at radius 1 is 1.29 bits per heavy atom. The van der Waals surface area contributed by atoms with Gasteiger partial charge in [0.2, 0.25) is 5.91 Å². The highest BCUT2D eigenvalue weighted by molar-refractivity contribution is 5.95. The quantitative estimate of drug-likeness (QED) is 0.917. The summed E-state index contributed by atoms with van der Waals surface area (Å²) in [6.45, 7) is 10.7. The van der Waals surface area contributed by atoms with E-state index in [-0.39, 0.29) is 11.9 Å². The van der Waals surface area contributed by atoms with Crippen LogP contribution in [0.25, 0.3) is 0 Å². The van der Waals surface area contributed by atoms with E-state index in [1.165, 1.54) is 16.7 Å². The lowest BCUT2D eigenvalue weighted by Gasteiger charge is -2.25. The maximum atomic E-state index is 12.6. The molecular weight excluding hydrogens is 300 g/mol. The summed E-state index contributed by atoms with van der Waals surface area (Å²) >= 11 is 0. The van der Waals surface area contributed by atoms with E-state index in [0.29, 0.717) is 0 Å². The van der Waals surface area contributed by atoms with Crippen LogP contribution in [-0.2, 0) is 18.4 Å². The van der Waals surface area contributed by atoms with Crippen molar-refractivity contribution in [1.29, 1.82) is 0 Å². The highest BCUT2D eigenvalue weighted by Gasteiger charge is 2.21. The van der Waals surface area contributed by atoms with Gasteiger partial charge in [-0.3, -0.25) is 14.4 Å². The Labute approximate surface area is 144 Å². The Kier molecular flexibility index (Phi) is 5.44. The zero-order valence-electron chi connectivity index (χ0n) is 15.8. The Hall–Kier alpha value is -2.14. The first-order valence-corrected chi connectivity index (χ1v) is 8.28. The van der Waals surface area contributed by atoms with E-state index >= 15 is 0 Å². The number of aromatic nitrogens is 2. The molecule has 1 aromatic heterocycles. The molecule has 1 aromatic carbocycles. The molecule has 2 rings (SSSR count). The standard InChI is InChI=1S/C19H28N4O/c1-12-8-9-17(13(2)10-12)11-22(6)16(5)19(24)20-18-14(3)21-23(7)15(18)4/h8-10,16H,11H2,1-7H3,(H,20,24)/t16-/m1/s1. The fourth-order valence-electron chi connectivity index (χ4n) is 2.81. The Bertz CT molecular complexity index is 748. The van der Waals surface area contributed by atoms with E-state index in [1.54, 1.807) is 4.68 Å². The molecule has 1 amide bonds. The topological polar surface area (TPSA) is 50.2 Å². The summed E-state index contributed by atoms with van der Waals surface area (Å²) in [5.74, 6) is -0.0125. The number of benzene rings is 1. The van der Waals surface area contributed by atoms with Gasteiger partial charge in [-0.1, -0.05) is 23.8 Å². The van der Waals surface area contributed by atoms with Crippen molar-refractivity contribution in [2.45, 2.75) is 47.2 Å². The third kappa shape index (κ3) is 3.85.